The molecule has 3 heteroatoms. The minimum Gasteiger partial charge on any atom is -0.397 e. The maximum absolute atomic E-state index is 12.4. The average Bonchev–Trinajstić information content (AvgIpc) is 2.94. The van der Waals surface area contributed by atoms with Crippen molar-refractivity contribution in [2.24, 2.45) is 0 Å². The van der Waals surface area contributed by atoms with Gasteiger partial charge in [0.1, 0.15) is 0 Å². The van der Waals surface area contributed by atoms with E-state index in [1.807, 2.05) is 35.2 Å². The molecule has 0 fully saturated rings. The predicted molar refractivity (Wildman–Crippen MR) is 86.3 cm³/mol. The van der Waals surface area contributed by atoms with Gasteiger partial charge in [-0.25, -0.2) is 0 Å². The van der Waals surface area contributed by atoms with Crippen LogP contribution in [0.5, 0.6) is 0 Å². The van der Waals surface area contributed by atoms with Crippen molar-refractivity contribution in [3.8, 4) is 0 Å². The molecule has 0 bridgehead atoms. The summed E-state index contributed by atoms with van der Waals surface area (Å²) in [6, 6.07) is 16.2. The van der Waals surface area contributed by atoms with Crippen molar-refractivity contribution >= 4 is 17.3 Å². The van der Waals surface area contributed by atoms with E-state index in [1.54, 1.807) is 0 Å². The molecule has 3 nitrogen and oxygen atoms in total. The number of hydrogen-bond donors (Lipinski definition) is 1. The Morgan fingerprint density at radius 2 is 1.90 bits per heavy atom. The van der Waals surface area contributed by atoms with E-state index in [1.165, 1.54) is 11.1 Å². The van der Waals surface area contributed by atoms with Crippen molar-refractivity contribution in [2.75, 3.05) is 17.2 Å². The first-order valence-corrected chi connectivity index (χ1v) is 7.47. The summed E-state index contributed by atoms with van der Waals surface area (Å²) in [5, 5.41) is 0. The second-order valence-corrected chi connectivity index (χ2v) is 5.49. The van der Waals surface area contributed by atoms with Gasteiger partial charge in [0.2, 0.25) is 5.91 Å². The Labute approximate surface area is 125 Å². The first kappa shape index (κ1) is 13.7. The number of nitrogens with two attached hydrogens (primary N) is 1. The molecule has 0 unspecified atom stereocenters. The summed E-state index contributed by atoms with van der Waals surface area (Å²) in [4.78, 5) is 14.3. The van der Waals surface area contributed by atoms with E-state index in [9.17, 15) is 4.79 Å². The van der Waals surface area contributed by atoms with Gasteiger partial charge >= 0.3 is 0 Å². The number of carbonyl (C=O) groups excluding carboxylic acids is 1. The van der Waals surface area contributed by atoms with E-state index in [0.29, 0.717) is 12.1 Å². The summed E-state index contributed by atoms with van der Waals surface area (Å²) in [6.07, 6.45) is 3.30. The van der Waals surface area contributed by atoms with Gasteiger partial charge in [-0.15, -0.1) is 0 Å². The van der Waals surface area contributed by atoms with Crippen LogP contribution in [0.3, 0.4) is 0 Å². The number of anilines is 2. The van der Waals surface area contributed by atoms with Crippen LogP contribution in [0.15, 0.2) is 48.5 Å². The van der Waals surface area contributed by atoms with Crippen LogP contribution < -0.4 is 10.6 Å². The quantitative estimate of drug-likeness (QED) is 0.874. The summed E-state index contributed by atoms with van der Waals surface area (Å²) in [7, 11) is 0. The highest BCUT2D eigenvalue weighted by molar-refractivity contribution is 5.98. The van der Waals surface area contributed by atoms with Gasteiger partial charge in [-0.1, -0.05) is 42.5 Å². The second kappa shape index (κ2) is 6.00. The van der Waals surface area contributed by atoms with Crippen molar-refractivity contribution in [2.45, 2.75) is 25.7 Å². The zero-order valence-corrected chi connectivity index (χ0v) is 12.1. The van der Waals surface area contributed by atoms with E-state index in [0.717, 1.165) is 31.5 Å². The number of benzene rings is 2. The molecule has 0 saturated carbocycles. The van der Waals surface area contributed by atoms with Gasteiger partial charge in [-0.05, 0) is 36.5 Å². The summed E-state index contributed by atoms with van der Waals surface area (Å²) in [5.41, 5.74) is 10.1. The van der Waals surface area contributed by atoms with Gasteiger partial charge in [-0.2, -0.15) is 0 Å². The summed E-state index contributed by atoms with van der Waals surface area (Å²) >= 11 is 0. The minimum atomic E-state index is 0.183. The Morgan fingerprint density at radius 3 is 2.71 bits per heavy atom. The average molecular weight is 280 g/mol. The van der Waals surface area contributed by atoms with E-state index in [2.05, 4.69) is 18.2 Å². The molecule has 0 spiro atoms. The Hall–Kier alpha value is -2.29. The molecule has 0 aliphatic carbocycles. The number of para-hydroxylation sites is 1. The number of nitrogens with zero attached hydrogens (tertiary/aromatic N) is 1. The normalized spacial score (nSPS) is 13.2. The number of rotatable bonds is 4. The molecule has 3 rings (SSSR count). The van der Waals surface area contributed by atoms with Gasteiger partial charge in [0.15, 0.2) is 0 Å². The number of nitrogen functional groups attached to an aromatic ring is 1. The lowest BCUT2D eigenvalue weighted by Gasteiger charge is -2.19. The smallest absolute Gasteiger partial charge is 0.227 e. The molecule has 0 saturated heterocycles. The van der Waals surface area contributed by atoms with Crippen molar-refractivity contribution in [1.29, 1.82) is 0 Å². The fourth-order valence-corrected chi connectivity index (χ4v) is 2.96. The molecule has 1 heterocycles. The zero-order valence-electron chi connectivity index (χ0n) is 12.1. The van der Waals surface area contributed by atoms with Gasteiger partial charge in [0.25, 0.3) is 0 Å². The Kier molecular flexibility index (Phi) is 3.91. The van der Waals surface area contributed by atoms with Crippen LogP contribution in [0.1, 0.15) is 24.0 Å². The summed E-state index contributed by atoms with van der Waals surface area (Å²) in [6.45, 7) is 0.758. The van der Waals surface area contributed by atoms with Crippen molar-refractivity contribution in [3.05, 3.63) is 59.7 Å². The first-order valence-electron chi connectivity index (χ1n) is 7.47. The Bertz CT molecular complexity index is 637. The molecule has 0 aromatic heterocycles. The van der Waals surface area contributed by atoms with Crippen LogP contribution >= 0.6 is 0 Å². The molecule has 1 amide bonds. The highest BCUT2D eigenvalue weighted by Crippen LogP contribution is 2.34. The maximum Gasteiger partial charge on any atom is 0.227 e. The largest absolute Gasteiger partial charge is 0.397 e. The van der Waals surface area contributed by atoms with Crippen molar-refractivity contribution < 1.29 is 4.79 Å². The lowest BCUT2D eigenvalue weighted by Crippen LogP contribution is -2.29. The third kappa shape index (κ3) is 2.92. The van der Waals surface area contributed by atoms with Crippen LogP contribution in [-0.2, 0) is 17.6 Å². The van der Waals surface area contributed by atoms with Gasteiger partial charge in [0, 0.05) is 13.0 Å². The molecular weight excluding hydrogens is 260 g/mol. The molecule has 1 aliphatic rings. The summed E-state index contributed by atoms with van der Waals surface area (Å²) in [5.74, 6) is 0.183. The van der Waals surface area contributed by atoms with E-state index in [4.69, 9.17) is 5.73 Å². The highest BCUT2D eigenvalue weighted by atomic mass is 16.2. The number of amides is 1. The molecule has 21 heavy (non-hydrogen) atoms. The molecule has 2 aromatic carbocycles. The number of aryl methyl sites for hydroxylation is 1. The third-order valence-electron chi connectivity index (χ3n) is 4.03. The lowest BCUT2D eigenvalue weighted by molar-refractivity contribution is -0.118. The fourth-order valence-electron chi connectivity index (χ4n) is 2.96. The van der Waals surface area contributed by atoms with Crippen LogP contribution in [0.25, 0.3) is 0 Å². The van der Waals surface area contributed by atoms with E-state index >= 15 is 0 Å². The van der Waals surface area contributed by atoms with E-state index in [-0.39, 0.29) is 5.91 Å². The van der Waals surface area contributed by atoms with Crippen LogP contribution in [0.4, 0.5) is 11.4 Å². The lowest BCUT2D eigenvalue weighted by atomic mass is 10.1. The summed E-state index contributed by atoms with van der Waals surface area (Å²) < 4.78 is 0. The van der Waals surface area contributed by atoms with Gasteiger partial charge < -0.3 is 10.6 Å². The Balaban J connectivity index is 1.61. The molecule has 108 valence electrons. The zero-order chi connectivity index (χ0) is 14.7. The van der Waals surface area contributed by atoms with Crippen LogP contribution in [0.2, 0.25) is 0 Å². The van der Waals surface area contributed by atoms with E-state index < -0.39 is 0 Å². The molecule has 2 N–H and O–H groups in total. The molecule has 2 aromatic rings. The molecule has 1 aliphatic heterocycles. The third-order valence-corrected chi connectivity index (χ3v) is 4.03. The second-order valence-electron chi connectivity index (χ2n) is 5.49. The van der Waals surface area contributed by atoms with Crippen LogP contribution in [0, 0.1) is 0 Å². The molecule has 0 atom stereocenters. The topological polar surface area (TPSA) is 46.3 Å². The highest BCUT2D eigenvalue weighted by Gasteiger charge is 2.25. The standard InChI is InChI=1S/C18H20N2O/c19-16-10-5-9-15-12-13-20(18(15)16)17(21)11-4-8-14-6-2-1-3-7-14/h1-3,5-7,9-10H,4,8,11-13,19H2. The molecular formula is C18H20N2O. The van der Waals surface area contributed by atoms with Gasteiger partial charge in [0.05, 0.1) is 11.4 Å². The Morgan fingerprint density at radius 1 is 1.10 bits per heavy atom. The van der Waals surface area contributed by atoms with Gasteiger partial charge in [-0.3, -0.25) is 4.79 Å². The molecule has 0 radical (unpaired) electrons. The number of carbonyl (C=O) groups is 1. The predicted octanol–water partition coefficient (Wildman–Crippen LogP) is 3.18. The van der Waals surface area contributed by atoms with Crippen molar-refractivity contribution in [1.82, 2.24) is 0 Å². The first-order chi connectivity index (χ1) is 10.3. The fraction of sp³-hybridized carbons (Fsp3) is 0.278. The number of fused-ring (bicyclic) bond motifs is 1. The van der Waals surface area contributed by atoms with Crippen LogP contribution in [-0.4, -0.2) is 12.5 Å². The van der Waals surface area contributed by atoms with Crippen molar-refractivity contribution in [3.63, 3.8) is 0 Å². The maximum atomic E-state index is 12.4. The SMILES string of the molecule is Nc1cccc2c1N(C(=O)CCCc1ccccc1)CC2. The minimum absolute atomic E-state index is 0.183. The number of hydrogen-bond acceptors (Lipinski definition) is 2. The monoisotopic (exact) mass is 280 g/mol.